The highest BCUT2D eigenvalue weighted by molar-refractivity contribution is 7.92. The Morgan fingerprint density at radius 1 is 1.08 bits per heavy atom. The van der Waals surface area contributed by atoms with Crippen LogP contribution in [-0.4, -0.2) is 44.4 Å². The summed E-state index contributed by atoms with van der Waals surface area (Å²) in [6, 6.07) is 16.7. The van der Waals surface area contributed by atoms with Crippen LogP contribution in [0.5, 0.6) is 5.75 Å². The summed E-state index contributed by atoms with van der Waals surface area (Å²) in [7, 11) is -3.93. The number of sulfonamides is 1. The van der Waals surface area contributed by atoms with Gasteiger partial charge in [0.15, 0.2) is 0 Å². The van der Waals surface area contributed by atoms with Crippen molar-refractivity contribution in [2.24, 2.45) is 0 Å². The quantitative estimate of drug-likeness (QED) is 0.384. The van der Waals surface area contributed by atoms with Gasteiger partial charge in [-0.25, -0.2) is 12.8 Å². The average Bonchev–Trinajstić information content (AvgIpc) is 3.26. The van der Waals surface area contributed by atoms with Gasteiger partial charge in [-0.05, 0) is 66.6 Å². The summed E-state index contributed by atoms with van der Waals surface area (Å²) in [5.74, 6) is -0.365. The molecule has 0 aliphatic carbocycles. The number of hydrogen-bond acceptors (Lipinski definition) is 6. The maximum atomic E-state index is 13.2. The van der Waals surface area contributed by atoms with Crippen LogP contribution in [0.3, 0.4) is 0 Å². The number of halogens is 2. The predicted octanol–water partition coefficient (Wildman–Crippen LogP) is 3.98. The van der Waals surface area contributed by atoms with E-state index in [2.05, 4.69) is 10.0 Å². The van der Waals surface area contributed by atoms with Crippen LogP contribution in [0.1, 0.15) is 29.9 Å². The van der Waals surface area contributed by atoms with Gasteiger partial charge in [0.25, 0.3) is 10.0 Å². The minimum Gasteiger partial charge on any atom is -0.487 e. The van der Waals surface area contributed by atoms with Crippen LogP contribution in [0.15, 0.2) is 71.6 Å². The minimum absolute atomic E-state index is 0.0652. The number of fused-ring (bicyclic) bond motifs is 3. The molecule has 2 aliphatic rings. The highest BCUT2D eigenvalue weighted by Gasteiger charge is 2.46. The lowest BCUT2D eigenvalue weighted by atomic mass is 9.84. The standard InChI is InChI=1S/C27H26ClFN2O6S/c28-17-3-1-16(2-4-17)14-30-26(33)13-20-12-23-22-11-19(7-10-24(22)37-27(23)25(15-32)36-20)31-38(34,35)21-8-5-18(29)6-9-21/h1-11,20,23,25,27,31-32H,12-15H2,(H,30,33)/t20-,23+,25+,27-/m0/s1. The molecule has 3 N–H and O–H groups in total. The average molecular weight is 561 g/mol. The molecule has 200 valence electrons. The number of carbonyl (C=O) groups is 1. The van der Waals surface area contributed by atoms with Crippen LogP contribution in [-0.2, 0) is 26.1 Å². The van der Waals surface area contributed by atoms with Crippen molar-refractivity contribution in [3.8, 4) is 5.75 Å². The molecule has 0 spiro atoms. The summed E-state index contributed by atoms with van der Waals surface area (Å²) < 4.78 is 53.4. The molecule has 2 heterocycles. The number of aliphatic hydroxyl groups excluding tert-OH is 1. The Hall–Kier alpha value is -3.18. The van der Waals surface area contributed by atoms with Crippen LogP contribution in [0.2, 0.25) is 5.02 Å². The van der Waals surface area contributed by atoms with Gasteiger partial charge in [-0.3, -0.25) is 9.52 Å². The molecule has 0 unspecified atom stereocenters. The Morgan fingerprint density at radius 2 is 1.82 bits per heavy atom. The Kier molecular flexibility index (Phi) is 7.58. The molecule has 1 saturated heterocycles. The SMILES string of the molecule is O=C(C[C@@H]1C[C@@H]2c3cc(NS(=O)(=O)c4ccc(F)cc4)ccc3O[C@@H]2[C@@H](CO)O1)NCc1ccc(Cl)cc1. The molecule has 11 heteroatoms. The third-order valence-electron chi connectivity index (χ3n) is 6.69. The van der Waals surface area contributed by atoms with Gasteiger partial charge in [-0.1, -0.05) is 23.7 Å². The Bertz CT molecular complexity index is 1420. The summed E-state index contributed by atoms with van der Waals surface area (Å²) in [6.07, 6.45) is -1.02. The second-order valence-corrected chi connectivity index (χ2v) is 11.4. The van der Waals surface area contributed by atoms with Crippen LogP contribution >= 0.6 is 11.6 Å². The molecular formula is C27H26ClFN2O6S. The molecule has 0 saturated carbocycles. The third-order valence-corrected chi connectivity index (χ3v) is 8.34. The number of carbonyl (C=O) groups excluding carboxylic acids is 1. The lowest BCUT2D eigenvalue weighted by Gasteiger charge is -2.37. The smallest absolute Gasteiger partial charge is 0.261 e. The first-order valence-corrected chi connectivity index (χ1v) is 13.9. The van der Waals surface area contributed by atoms with Crippen molar-refractivity contribution in [3.63, 3.8) is 0 Å². The first-order valence-electron chi connectivity index (χ1n) is 12.1. The van der Waals surface area contributed by atoms with E-state index >= 15 is 0 Å². The van der Waals surface area contributed by atoms with Gasteiger partial charge in [0, 0.05) is 28.7 Å². The first-order chi connectivity index (χ1) is 18.2. The van der Waals surface area contributed by atoms with Crippen LogP contribution in [0, 0.1) is 5.82 Å². The lowest BCUT2D eigenvalue weighted by Crippen LogP contribution is -2.47. The van der Waals surface area contributed by atoms with Gasteiger partial charge in [0.1, 0.15) is 23.8 Å². The van der Waals surface area contributed by atoms with Crippen molar-refractivity contribution in [3.05, 3.63) is 88.7 Å². The van der Waals surface area contributed by atoms with Gasteiger partial charge in [0.2, 0.25) is 5.91 Å². The zero-order chi connectivity index (χ0) is 26.9. The largest absolute Gasteiger partial charge is 0.487 e. The van der Waals surface area contributed by atoms with Crippen molar-refractivity contribution in [1.29, 1.82) is 0 Å². The van der Waals surface area contributed by atoms with Crippen molar-refractivity contribution >= 4 is 33.2 Å². The molecule has 1 fully saturated rings. The van der Waals surface area contributed by atoms with Crippen LogP contribution < -0.4 is 14.8 Å². The number of rotatable bonds is 8. The second kappa shape index (κ2) is 10.9. The summed E-state index contributed by atoms with van der Waals surface area (Å²) in [5, 5.41) is 13.5. The minimum atomic E-state index is -3.93. The van der Waals surface area contributed by atoms with Gasteiger partial charge < -0.3 is 19.9 Å². The van der Waals surface area contributed by atoms with Crippen LogP contribution in [0.25, 0.3) is 0 Å². The van der Waals surface area contributed by atoms with Crippen molar-refractivity contribution < 1.29 is 32.2 Å². The number of amides is 1. The van der Waals surface area contributed by atoms with Gasteiger partial charge in [0.05, 0.1) is 24.0 Å². The fourth-order valence-corrected chi connectivity index (χ4v) is 6.04. The molecule has 38 heavy (non-hydrogen) atoms. The third kappa shape index (κ3) is 5.78. The number of anilines is 1. The molecule has 3 aromatic carbocycles. The van der Waals surface area contributed by atoms with E-state index in [0.717, 1.165) is 23.3 Å². The molecule has 5 rings (SSSR count). The van der Waals surface area contributed by atoms with E-state index in [1.54, 1.807) is 30.3 Å². The Morgan fingerprint density at radius 3 is 2.53 bits per heavy atom. The molecule has 8 nitrogen and oxygen atoms in total. The normalized spacial score (nSPS) is 22.2. The number of aliphatic hydroxyl groups is 1. The fraction of sp³-hybridized carbons (Fsp3) is 0.296. The molecule has 0 radical (unpaired) electrons. The van der Waals surface area contributed by atoms with E-state index in [9.17, 15) is 22.7 Å². The second-order valence-electron chi connectivity index (χ2n) is 9.32. The monoisotopic (exact) mass is 560 g/mol. The van der Waals surface area contributed by atoms with E-state index in [-0.39, 0.29) is 29.7 Å². The topological polar surface area (TPSA) is 114 Å². The highest BCUT2D eigenvalue weighted by Crippen LogP contribution is 2.47. The summed E-state index contributed by atoms with van der Waals surface area (Å²) in [5.41, 5.74) is 2.00. The lowest BCUT2D eigenvalue weighted by molar-refractivity contribution is -0.142. The molecule has 3 aromatic rings. The van der Waals surface area contributed by atoms with Gasteiger partial charge >= 0.3 is 0 Å². The van der Waals surface area contributed by atoms with E-state index in [1.807, 2.05) is 12.1 Å². The molecule has 4 atom stereocenters. The van der Waals surface area contributed by atoms with E-state index in [4.69, 9.17) is 21.1 Å². The number of nitrogens with one attached hydrogen (secondary N) is 2. The maximum Gasteiger partial charge on any atom is 0.261 e. The van der Waals surface area contributed by atoms with Gasteiger partial charge in [-0.15, -0.1) is 0 Å². The summed E-state index contributed by atoms with van der Waals surface area (Å²) >= 11 is 5.90. The fourth-order valence-electron chi connectivity index (χ4n) is 4.86. The van der Waals surface area contributed by atoms with E-state index < -0.39 is 34.2 Å². The van der Waals surface area contributed by atoms with Crippen molar-refractivity contribution in [2.45, 2.75) is 48.5 Å². The number of ether oxygens (including phenoxy) is 2. The first kappa shape index (κ1) is 26.4. The van der Waals surface area contributed by atoms with Crippen molar-refractivity contribution in [2.75, 3.05) is 11.3 Å². The Balaban J connectivity index is 1.28. The summed E-state index contributed by atoms with van der Waals surface area (Å²) in [4.78, 5) is 12.6. The van der Waals surface area contributed by atoms with Crippen LogP contribution in [0.4, 0.5) is 10.1 Å². The predicted molar refractivity (Wildman–Crippen MR) is 139 cm³/mol. The number of hydrogen-bond donors (Lipinski definition) is 3. The van der Waals surface area contributed by atoms with Gasteiger partial charge in [-0.2, -0.15) is 0 Å². The van der Waals surface area contributed by atoms with Crippen molar-refractivity contribution in [1.82, 2.24) is 5.32 Å². The highest BCUT2D eigenvalue weighted by atomic mass is 35.5. The molecular weight excluding hydrogens is 535 g/mol. The zero-order valence-electron chi connectivity index (χ0n) is 20.1. The molecule has 2 aliphatic heterocycles. The molecule has 1 amide bonds. The summed E-state index contributed by atoms with van der Waals surface area (Å²) in [6.45, 7) is 0.0593. The molecule has 0 aromatic heterocycles. The maximum absolute atomic E-state index is 13.2. The van der Waals surface area contributed by atoms with E-state index in [0.29, 0.717) is 29.4 Å². The number of benzene rings is 3. The zero-order valence-corrected chi connectivity index (χ0v) is 21.7. The Labute approximate surface area is 224 Å². The van der Waals surface area contributed by atoms with E-state index in [1.165, 1.54) is 12.1 Å². The molecule has 0 bridgehead atoms.